The number of rotatable bonds is 4. The van der Waals surface area contributed by atoms with E-state index in [0.717, 1.165) is 12.8 Å². The number of carbonyl (C=O) groups is 2. The van der Waals surface area contributed by atoms with Crippen molar-refractivity contribution in [1.82, 2.24) is 4.90 Å². The Bertz CT molecular complexity index is 271. The quantitative estimate of drug-likeness (QED) is 0.769. The maximum Gasteiger partial charge on any atom is 0.240 e. The highest BCUT2D eigenvalue weighted by Gasteiger charge is 2.30. The smallest absolute Gasteiger partial charge is 0.240 e. The zero-order chi connectivity index (χ0) is 12.1. The normalized spacial score (nSPS) is 21.5. The number of amides is 2. The topological polar surface area (TPSA) is 89.4 Å². The zero-order valence-electron chi connectivity index (χ0n) is 10.2. The van der Waals surface area contributed by atoms with Crippen molar-refractivity contribution in [3.8, 4) is 0 Å². The van der Waals surface area contributed by atoms with Gasteiger partial charge in [0.1, 0.15) is 6.04 Å². The molecule has 1 aliphatic rings. The van der Waals surface area contributed by atoms with Gasteiger partial charge in [0, 0.05) is 19.0 Å². The van der Waals surface area contributed by atoms with Crippen molar-refractivity contribution in [1.29, 1.82) is 0 Å². The zero-order valence-corrected chi connectivity index (χ0v) is 11.0. The Hall–Kier alpha value is -0.810. The van der Waals surface area contributed by atoms with Gasteiger partial charge < -0.3 is 16.4 Å². The van der Waals surface area contributed by atoms with Crippen LogP contribution in [0.25, 0.3) is 0 Å². The maximum absolute atomic E-state index is 11.9. The van der Waals surface area contributed by atoms with Crippen molar-refractivity contribution in [2.24, 2.45) is 11.5 Å². The van der Waals surface area contributed by atoms with Crippen LogP contribution in [0.5, 0.6) is 0 Å². The number of piperidine rings is 1. The molecule has 0 bridgehead atoms. The number of likely N-dealkylation sites (tertiary alicyclic amines) is 1. The molecule has 0 aliphatic carbocycles. The third-order valence-electron chi connectivity index (χ3n) is 2.97. The summed E-state index contributed by atoms with van der Waals surface area (Å²) < 4.78 is 0. The maximum atomic E-state index is 11.9. The first-order chi connectivity index (χ1) is 7.52. The van der Waals surface area contributed by atoms with Crippen LogP contribution in [0.1, 0.15) is 39.0 Å². The van der Waals surface area contributed by atoms with Crippen LogP contribution in [0.15, 0.2) is 0 Å². The van der Waals surface area contributed by atoms with Gasteiger partial charge in [0.2, 0.25) is 11.8 Å². The predicted octanol–water partition coefficient (Wildman–Crippen LogP) is 0.402. The van der Waals surface area contributed by atoms with Crippen LogP contribution in [-0.2, 0) is 9.59 Å². The van der Waals surface area contributed by atoms with Crippen LogP contribution in [-0.4, -0.2) is 35.3 Å². The Balaban J connectivity index is 0.00000256. The summed E-state index contributed by atoms with van der Waals surface area (Å²) in [6.45, 7) is 2.51. The second-order valence-electron chi connectivity index (χ2n) is 4.52. The molecule has 2 unspecified atom stereocenters. The van der Waals surface area contributed by atoms with E-state index in [1.165, 1.54) is 0 Å². The van der Waals surface area contributed by atoms with Crippen molar-refractivity contribution in [2.45, 2.75) is 51.1 Å². The van der Waals surface area contributed by atoms with E-state index in [9.17, 15) is 9.59 Å². The van der Waals surface area contributed by atoms with Crippen LogP contribution >= 0.6 is 12.4 Å². The Morgan fingerprint density at radius 2 is 2.06 bits per heavy atom. The minimum atomic E-state index is -0.408. The molecule has 1 aliphatic heterocycles. The molecule has 5 nitrogen and oxygen atoms in total. The Morgan fingerprint density at radius 3 is 2.59 bits per heavy atom. The Labute approximate surface area is 108 Å². The summed E-state index contributed by atoms with van der Waals surface area (Å²) in [6, 6.07) is -0.393. The molecule has 4 N–H and O–H groups in total. The minimum Gasteiger partial charge on any atom is -0.368 e. The first-order valence-electron chi connectivity index (χ1n) is 5.86. The summed E-state index contributed by atoms with van der Waals surface area (Å²) in [6.07, 6.45) is 3.67. The number of carbonyl (C=O) groups excluding carboxylic acids is 2. The second-order valence-corrected chi connectivity index (χ2v) is 4.52. The second kappa shape index (κ2) is 7.50. The van der Waals surface area contributed by atoms with Crippen LogP contribution in [0.4, 0.5) is 0 Å². The highest BCUT2D eigenvalue weighted by atomic mass is 35.5. The lowest BCUT2D eigenvalue weighted by Crippen LogP contribution is -2.50. The van der Waals surface area contributed by atoms with E-state index in [1.807, 2.05) is 6.92 Å². The SMILES string of the molecule is CC(N)CCC(=O)N1CCCCC1C(N)=O.Cl. The molecule has 100 valence electrons. The molecule has 0 aromatic carbocycles. The molecule has 1 rings (SSSR count). The van der Waals surface area contributed by atoms with Crippen LogP contribution in [0.3, 0.4) is 0 Å². The highest BCUT2D eigenvalue weighted by Crippen LogP contribution is 2.18. The van der Waals surface area contributed by atoms with Gasteiger partial charge in [-0.1, -0.05) is 0 Å². The lowest BCUT2D eigenvalue weighted by molar-refractivity contribution is -0.141. The van der Waals surface area contributed by atoms with E-state index in [1.54, 1.807) is 4.90 Å². The van der Waals surface area contributed by atoms with E-state index >= 15 is 0 Å². The van der Waals surface area contributed by atoms with Crippen molar-refractivity contribution in [3.63, 3.8) is 0 Å². The predicted molar refractivity (Wildman–Crippen MR) is 68.7 cm³/mol. The van der Waals surface area contributed by atoms with Crippen LogP contribution < -0.4 is 11.5 Å². The third kappa shape index (κ3) is 4.91. The minimum absolute atomic E-state index is 0. The van der Waals surface area contributed by atoms with E-state index in [4.69, 9.17) is 11.5 Å². The lowest BCUT2D eigenvalue weighted by atomic mass is 10.0. The summed E-state index contributed by atoms with van der Waals surface area (Å²) in [7, 11) is 0. The number of primary amides is 1. The molecule has 1 heterocycles. The molecule has 0 spiro atoms. The van der Waals surface area contributed by atoms with Gasteiger partial charge in [-0.3, -0.25) is 9.59 Å². The van der Waals surface area contributed by atoms with Crippen molar-refractivity contribution in [3.05, 3.63) is 0 Å². The van der Waals surface area contributed by atoms with Gasteiger partial charge in [-0.05, 0) is 32.6 Å². The van der Waals surface area contributed by atoms with Gasteiger partial charge >= 0.3 is 0 Å². The molecule has 0 aromatic heterocycles. The van der Waals surface area contributed by atoms with Crippen molar-refractivity contribution >= 4 is 24.2 Å². The summed E-state index contributed by atoms with van der Waals surface area (Å²) in [5, 5.41) is 0. The standard InChI is InChI=1S/C11H21N3O2.ClH/c1-8(12)5-6-10(15)14-7-3-2-4-9(14)11(13)16;/h8-9H,2-7,12H2,1H3,(H2,13,16);1H. The largest absolute Gasteiger partial charge is 0.368 e. The Morgan fingerprint density at radius 1 is 1.41 bits per heavy atom. The molecule has 6 heteroatoms. The van der Waals surface area contributed by atoms with Crippen LogP contribution in [0.2, 0.25) is 0 Å². The molecule has 2 amide bonds. The molecule has 0 radical (unpaired) electrons. The number of hydrogen-bond acceptors (Lipinski definition) is 3. The average molecular weight is 264 g/mol. The number of halogens is 1. The van der Waals surface area contributed by atoms with E-state index in [2.05, 4.69) is 0 Å². The van der Waals surface area contributed by atoms with Gasteiger partial charge in [-0.15, -0.1) is 12.4 Å². The summed E-state index contributed by atoms with van der Waals surface area (Å²) in [4.78, 5) is 24.7. The average Bonchev–Trinajstić information content (AvgIpc) is 2.25. The van der Waals surface area contributed by atoms with E-state index in [-0.39, 0.29) is 24.4 Å². The van der Waals surface area contributed by atoms with E-state index < -0.39 is 11.9 Å². The summed E-state index contributed by atoms with van der Waals surface area (Å²) >= 11 is 0. The fourth-order valence-corrected chi connectivity index (χ4v) is 2.02. The lowest BCUT2D eigenvalue weighted by Gasteiger charge is -2.33. The van der Waals surface area contributed by atoms with Gasteiger partial charge in [-0.2, -0.15) is 0 Å². The monoisotopic (exact) mass is 263 g/mol. The fraction of sp³-hybridized carbons (Fsp3) is 0.818. The summed E-state index contributed by atoms with van der Waals surface area (Å²) in [5.74, 6) is -0.394. The highest BCUT2D eigenvalue weighted by molar-refractivity contribution is 5.86. The van der Waals surface area contributed by atoms with Crippen molar-refractivity contribution in [2.75, 3.05) is 6.54 Å². The van der Waals surface area contributed by atoms with Crippen LogP contribution in [0, 0.1) is 0 Å². The van der Waals surface area contributed by atoms with Gasteiger partial charge in [-0.25, -0.2) is 0 Å². The first-order valence-corrected chi connectivity index (χ1v) is 5.86. The molecule has 1 fully saturated rings. The molecule has 17 heavy (non-hydrogen) atoms. The number of nitrogens with two attached hydrogens (primary N) is 2. The van der Waals surface area contributed by atoms with E-state index in [0.29, 0.717) is 25.8 Å². The van der Waals surface area contributed by atoms with Gasteiger partial charge in [0.25, 0.3) is 0 Å². The first kappa shape index (κ1) is 16.2. The Kier molecular flexibility index (Phi) is 7.15. The van der Waals surface area contributed by atoms with Gasteiger partial charge in [0.05, 0.1) is 0 Å². The fourth-order valence-electron chi connectivity index (χ4n) is 2.02. The molecule has 0 saturated carbocycles. The third-order valence-corrected chi connectivity index (χ3v) is 2.97. The summed E-state index contributed by atoms with van der Waals surface area (Å²) in [5.41, 5.74) is 10.9. The molecular formula is C11H22ClN3O2. The number of nitrogens with zero attached hydrogens (tertiary/aromatic N) is 1. The molecule has 1 saturated heterocycles. The van der Waals surface area contributed by atoms with Crippen molar-refractivity contribution < 1.29 is 9.59 Å². The number of hydrogen-bond donors (Lipinski definition) is 2. The molecule has 0 aromatic rings. The molecule has 2 atom stereocenters. The van der Waals surface area contributed by atoms with Gasteiger partial charge in [0.15, 0.2) is 0 Å². The molecular weight excluding hydrogens is 242 g/mol.